The summed E-state index contributed by atoms with van der Waals surface area (Å²) in [7, 11) is 0. The van der Waals surface area contributed by atoms with Crippen LogP contribution in [-0.2, 0) is 4.79 Å². The van der Waals surface area contributed by atoms with Crippen LogP contribution in [-0.4, -0.2) is 53.8 Å². The number of nitrogens with one attached hydrogen (secondary N) is 1. The first-order chi connectivity index (χ1) is 16.1. The van der Waals surface area contributed by atoms with Gasteiger partial charge in [0.15, 0.2) is 5.75 Å². The Kier molecular flexibility index (Phi) is 6.36. The quantitative estimate of drug-likeness (QED) is 0.684. The van der Waals surface area contributed by atoms with E-state index in [2.05, 4.69) is 29.0 Å². The van der Waals surface area contributed by atoms with Crippen molar-refractivity contribution in [2.75, 3.05) is 31.5 Å². The highest BCUT2D eigenvalue weighted by Crippen LogP contribution is 2.39. The van der Waals surface area contributed by atoms with Crippen molar-refractivity contribution < 1.29 is 9.53 Å². The molecule has 2 aromatic rings. The molecule has 6 nitrogen and oxygen atoms in total. The van der Waals surface area contributed by atoms with Crippen LogP contribution >= 0.6 is 0 Å². The molecule has 33 heavy (non-hydrogen) atoms. The molecule has 0 unspecified atom stereocenters. The molecule has 6 heteroatoms. The lowest BCUT2D eigenvalue weighted by molar-refractivity contribution is -0.120. The summed E-state index contributed by atoms with van der Waals surface area (Å²) in [5.41, 5.74) is 2.58. The summed E-state index contributed by atoms with van der Waals surface area (Å²) in [5.74, 6) is 2.72. The van der Waals surface area contributed by atoms with E-state index in [4.69, 9.17) is 9.73 Å². The summed E-state index contributed by atoms with van der Waals surface area (Å²) in [5, 5.41) is 3.17. The number of hydrogen-bond acceptors (Lipinski definition) is 5. The maximum atomic E-state index is 12.9. The van der Waals surface area contributed by atoms with E-state index < -0.39 is 0 Å². The monoisotopic (exact) mass is 446 g/mol. The predicted octanol–water partition coefficient (Wildman–Crippen LogP) is 5.42. The number of anilines is 1. The second-order valence-corrected chi connectivity index (χ2v) is 9.66. The van der Waals surface area contributed by atoms with Crippen molar-refractivity contribution in [1.82, 2.24) is 9.80 Å². The van der Waals surface area contributed by atoms with Crippen LogP contribution in [0.25, 0.3) is 0 Å². The van der Waals surface area contributed by atoms with Gasteiger partial charge in [-0.3, -0.25) is 9.69 Å². The summed E-state index contributed by atoms with van der Waals surface area (Å²) < 4.78 is 6.29. The van der Waals surface area contributed by atoms with Crippen LogP contribution in [0.1, 0.15) is 51.5 Å². The van der Waals surface area contributed by atoms with Gasteiger partial charge in [0.05, 0.1) is 5.56 Å². The van der Waals surface area contributed by atoms with Gasteiger partial charge in [-0.05, 0) is 57.0 Å². The maximum absolute atomic E-state index is 12.9. The Bertz CT molecular complexity index is 1030. The Morgan fingerprint density at radius 1 is 1.00 bits per heavy atom. The lowest BCUT2D eigenvalue weighted by atomic mass is 9.88. The summed E-state index contributed by atoms with van der Waals surface area (Å²) in [6, 6.07) is 14.4. The van der Waals surface area contributed by atoms with E-state index in [0.717, 1.165) is 86.1 Å². The number of carbonyl (C=O) groups excluding carboxylic acids is 1. The SMILES string of the molecule is CC(C)N1CCN(C2=Nc3ccccc3Oc3ccc(NC(=O)C4CCCCC4)cc32)CC1. The fraction of sp³-hybridized carbons (Fsp3) is 0.481. The van der Waals surface area contributed by atoms with Gasteiger partial charge >= 0.3 is 0 Å². The number of amidine groups is 1. The van der Waals surface area contributed by atoms with E-state index in [9.17, 15) is 4.79 Å². The van der Waals surface area contributed by atoms with Gasteiger partial charge in [-0.15, -0.1) is 0 Å². The van der Waals surface area contributed by atoms with Crippen LogP contribution < -0.4 is 10.1 Å². The van der Waals surface area contributed by atoms with Crippen LogP contribution in [0.3, 0.4) is 0 Å². The van der Waals surface area contributed by atoms with Gasteiger partial charge in [-0.2, -0.15) is 0 Å². The van der Waals surface area contributed by atoms with Gasteiger partial charge in [0.25, 0.3) is 0 Å². The van der Waals surface area contributed by atoms with Gasteiger partial charge in [-0.1, -0.05) is 31.4 Å². The Balaban J connectivity index is 1.45. The molecule has 0 atom stereocenters. The normalized spacial score (nSPS) is 19.2. The van der Waals surface area contributed by atoms with Gasteiger partial charge in [0.1, 0.15) is 17.3 Å². The standard InChI is InChI=1S/C27H34N4O2/c1-19(2)30-14-16-31(17-15-30)26-22-18-21(28-27(32)20-8-4-3-5-9-20)12-13-24(22)33-25-11-7-6-10-23(25)29-26/h6-7,10-13,18-20H,3-5,8-9,14-17H2,1-2H3,(H,28,32). The zero-order valence-electron chi connectivity index (χ0n) is 19.7. The predicted molar refractivity (Wildman–Crippen MR) is 133 cm³/mol. The van der Waals surface area contributed by atoms with E-state index in [1.165, 1.54) is 6.42 Å². The van der Waals surface area contributed by atoms with Crippen LogP contribution in [0, 0.1) is 5.92 Å². The summed E-state index contributed by atoms with van der Waals surface area (Å²) >= 11 is 0. The zero-order chi connectivity index (χ0) is 22.8. The number of rotatable bonds is 3. The molecule has 0 aromatic heterocycles. The van der Waals surface area contributed by atoms with Gasteiger partial charge in [0, 0.05) is 43.8 Å². The highest BCUT2D eigenvalue weighted by molar-refractivity contribution is 6.05. The highest BCUT2D eigenvalue weighted by atomic mass is 16.5. The number of piperazine rings is 1. The van der Waals surface area contributed by atoms with Crippen LogP contribution in [0.2, 0.25) is 0 Å². The lowest BCUT2D eigenvalue weighted by Gasteiger charge is -2.38. The largest absolute Gasteiger partial charge is 0.454 e. The second kappa shape index (κ2) is 9.56. The van der Waals surface area contributed by atoms with Crippen LogP contribution in [0.4, 0.5) is 11.4 Å². The Morgan fingerprint density at radius 2 is 1.76 bits per heavy atom. The Morgan fingerprint density at radius 3 is 2.52 bits per heavy atom. The van der Waals surface area contributed by atoms with Gasteiger partial charge in [-0.25, -0.2) is 4.99 Å². The molecule has 0 spiro atoms. The van der Waals surface area contributed by atoms with Crippen molar-refractivity contribution in [3.63, 3.8) is 0 Å². The Hall–Kier alpha value is -2.86. The summed E-state index contributed by atoms with van der Waals surface area (Å²) in [6.07, 6.45) is 5.51. The zero-order valence-corrected chi connectivity index (χ0v) is 19.7. The second-order valence-electron chi connectivity index (χ2n) is 9.66. The number of fused-ring (bicyclic) bond motifs is 2. The molecule has 0 radical (unpaired) electrons. The third-order valence-electron chi connectivity index (χ3n) is 7.12. The van der Waals surface area contributed by atoms with E-state index >= 15 is 0 Å². The molecule has 0 bridgehead atoms. The molecule has 2 fully saturated rings. The number of benzene rings is 2. The molecule has 174 valence electrons. The minimum atomic E-state index is 0.121. The molecule has 3 aliphatic rings. The third kappa shape index (κ3) is 4.76. The number of carbonyl (C=O) groups is 1. The number of amides is 1. The van der Waals surface area contributed by atoms with Crippen molar-refractivity contribution in [3.8, 4) is 11.5 Å². The number of nitrogens with zero attached hydrogens (tertiary/aromatic N) is 3. The molecule has 2 aromatic carbocycles. The van der Waals surface area contributed by atoms with Crippen molar-refractivity contribution >= 4 is 23.1 Å². The minimum Gasteiger partial charge on any atom is -0.454 e. The highest BCUT2D eigenvalue weighted by Gasteiger charge is 2.28. The average molecular weight is 447 g/mol. The van der Waals surface area contributed by atoms with Crippen molar-refractivity contribution in [2.24, 2.45) is 10.9 Å². The molecular formula is C27H34N4O2. The first-order valence-corrected chi connectivity index (χ1v) is 12.4. The van der Waals surface area contributed by atoms with Gasteiger partial charge in [0.2, 0.25) is 5.91 Å². The van der Waals surface area contributed by atoms with E-state index in [0.29, 0.717) is 6.04 Å². The fourth-order valence-electron chi connectivity index (χ4n) is 5.10. The molecule has 1 saturated heterocycles. The lowest BCUT2D eigenvalue weighted by Crippen LogP contribution is -2.50. The van der Waals surface area contributed by atoms with Crippen molar-refractivity contribution in [3.05, 3.63) is 48.0 Å². The van der Waals surface area contributed by atoms with Crippen LogP contribution in [0.15, 0.2) is 47.5 Å². The molecular weight excluding hydrogens is 412 g/mol. The molecule has 1 N–H and O–H groups in total. The molecule has 1 aliphatic carbocycles. The van der Waals surface area contributed by atoms with E-state index in [1.54, 1.807) is 0 Å². The molecule has 2 heterocycles. The average Bonchev–Trinajstić information content (AvgIpc) is 3.01. The van der Waals surface area contributed by atoms with Crippen molar-refractivity contribution in [1.29, 1.82) is 0 Å². The number of para-hydroxylation sites is 2. The third-order valence-corrected chi connectivity index (χ3v) is 7.12. The van der Waals surface area contributed by atoms with Crippen molar-refractivity contribution in [2.45, 2.75) is 52.0 Å². The van der Waals surface area contributed by atoms with E-state index in [-0.39, 0.29) is 11.8 Å². The number of ether oxygens (including phenoxy) is 1. The molecule has 5 rings (SSSR count). The van der Waals surface area contributed by atoms with Crippen LogP contribution in [0.5, 0.6) is 11.5 Å². The molecule has 1 amide bonds. The smallest absolute Gasteiger partial charge is 0.227 e. The first kappa shape index (κ1) is 22.0. The molecule has 2 aliphatic heterocycles. The summed E-state index contributed by atoms with van der Waals surface area (Å²) in [6.45, 7) is 8.34. The minimum absolute atomic E-state index is 0.121. The summed E-state index contributed by atoms with van der Waals surface area (Å²) in [4.78, 5) is 22.8. The van der Waals surface area contributed by atoms with Gasteiger partial charge < -0.3 is 15.0 Å². The first-order valence-electron chi connectivity index (χ1n) is 12.4. The Labute approximate surface area is 196 Å². The van der Waals surface area contributed by atoms with E-state index in [1.807, 2.05) is 42.5 Å². The number of hydrogen-bond donors (Lipinski definition) is 1. The fourth-order valence-corrected chi connectivity index (χ4v) is 5.10. The molecule has 1 saturated carbocycles. The topological polar surface area (TPSA) is 57.2 Å². The number of aliphatic imine (C=N–C) groups is 1. The maximum Gasteiger partial charge on any atom is 0.227 e.